The Morgan fingerprint density at radius 1 is 1.20 bits per heavy atom. The first-order valence-corrected chi connectivity index (χ1v) is 6.07. The first-order chi connectivity index (χ1) is 9.32. The van der Waals surface area contributed by atoms with Crippen LogP contribution in [-0.2, 0) is 9.59 Å². The fourth-order valence-electron chi connectivity index (χ4n) is 2.21. The van der Waals surface area contributed by atoms with Crippen molar-refractivity contribution in [3.8, 4) is 0 Å². The molecule has 0 saturated carbocycles. The van der Waals surface area contributed by atoms with E-state index in [9.17, 15) is 22.8 Å². The zero-order valence-corrected chi connectivity index (χ0v) is 10.9. The van der Waals surface area contributed by atoms with Crippen molar-refractivity contribution in [1.29, 1.82) is 0 Å². The molecule has 2 rings (SSSR count). The van der Waals surface area contributed by atoms with E-state index in [0.717, 1.165) is 4.90 Å². The molecule has 1 aromatic rings. The fraction of sp³-hybridized carbons (Fsp3) is 0.385. The molecule has 1 aliphatic rings. The molecule has 1 saturated heterocycles. The van der Waals surface area contributed by atoms with Crippen molar-refractivity contribution < 1.29 is 22.8 Å². The van der Waals surface area contributed by atoms with Crippen molar-refractivity contribution in [1.82, 2.24) is 5.32 Å². The predicted octanol–water partition coefficient (Wildman–Crippen LogP) is 1.59. The number of rotatable bonds is 2. The smallest absolute Gasteiger partial charge is 0.247 e. The van der Waals surface area contributed by atoms with Crippen molar-refractivity contribution in [3.63, 3.8) is 0 Å². The van der Waals surface area contributed by atoms with E-state index < -0.39 is 35.3 Å². The summed E-state index contributed by atoms with van der Waals surface area (Å²) < 4.78 is 39.6. The summed E-state index contributed by atoms with van der Waals surface area (Å²) in [5, 5.41) is 2.41. The van der Waals surface area contributed by atoms with Gasteiger partial charge in [-0.1, -0.05) is 13.8 Å². The van der Waals surface area contributed by atoms with E-state index in [-0.39, 0.29) is 18.2 Å². The molecule has 0 aromatic heterocycles. The lowest BCUT2D eigenvalue weighted by Crippen LogP contribution is -2.60. The molecule has 4 nitrogen and oxygen atoms in total. The Morgan fingerprint density at radius 3 is 2.25 bits per heavy atom. The van der Waals surface area contributed by atoms with Crippen LogP contribution in [0.5, 0.6) is 0 Å². The molecule has 1 atom stereocenters. The Kier molecular flexibility index (Phi) is 3.69. The number of nitrogens with zero attached hydrogens (tertiary/aromatic N) is 1. The van der Waals surface area contributed by atoms with Crippen LogP contribution in [0.3, 0.4) is 0 Å². The number of carbonyl (C=O) groups is 2. The molecule has 1 heterocycles. The van der Waals surface area contributed by atoms with Crippen molar-refractivity contribution in [2.24, 2.45) is 5.92 Å². The highest BCUT2D eigenvalue weighted by Gasteiger charge is 2.38. The van der Waals surface area contributed by atoms with Gasteiger partial charge in [-0.2, -0.15) is 0 Å². The first-order valence-electron chi connectivity index (χ1n) is 6.07. The number of halogens is 3. The maximum atomic E-state index is 13.3. The maximum absolute atomic E-state index is 13.3. The average molecular weight is 286 g/mol. The van der Waals surface area contributed by atoms with Gasteiger partial charge >= 0.3 is 0 Å². The van der Waals surface area contributed by atoms with Crippen LogP contribution in [0.2, 0.25) is 0 Å². The van der Waals surface area contributed by atoms with E-state index in [1.54, 1.807) is 13.8 Å². The number of piperazine rings is 1. The van der Waals surface area contributed by atoms with E-state index in [1.165, 1.54) is 0 Å². The van der Waals surface area contributed by atoms with E-state index in [1.807, 2.05) is 0 Å². The van der Waals surface area contributed by atoms with Crippen LogP contribution in [-0.4, -0.2) is 24.4 Å². The summed E-state index contributed by atoms with van der Waals surface area (Å²) in [4.78, 5) is 24.8. The summed E-state index contributed by atoms with van der Waals surface area (Å²) in [6.45, 7) is 3.14. The molecule has 1 unspecified atom stereocenters. The number of nitrogens with one attached hydrogen (secondary N) is 1. The van der Waals surface area contributed by atoms with Gasteiger partial charge in [0.15, 0.2) is 17.5 Å². The van der Waals surface area contributed by atoms with E-state index in [0.29, 0.717) is 12.1 Å². The highest BCUT2D eigenvalue weighted by molar-refractivity contribution is 6.06. The Hall–Kier alpha value is -2.05. The largest absolute Gasteiger partial charge is 0.345 e. The van der Waals surface area contributed by atoms with Crippen LogP contribution in [0.25, 0.3) is 0 Å². The second-order valence-corrected chi connectivity index (χ2v) is 4.89. The molecular formula is C13H13F3N2O2. The molecule has 1 aromatic carbocycles. The summed E-state index contributed by atoms with van der Waals surface area (Å²) in [7, 11) is 0. The van der Waals surface area contributed by atoms with Gasteiger partial charge in [-0.15, -0.1) is 0 Å². The van der Waals surface area contributed by atoms with Crippen LogP contribution in [0.15, 0.2) is 12.1 Å². The van der Waals surface area contributed by atoms with Crippen molar-refractivity contribution in [2.75, 3.05) is 11.4 Å². The molecule has 108 valence electrons. The number of amides is 2. The molecule has 1 fully saturated rings. The number of hydrogen-bond acceptors (Lipinski definition) is 2. The molecule has 0 bridgehead atoms. The normalized spacial score (nSPS) is 19.5. The fourth-order valence-corrected chi connectivity index (χ4v) is 2.21. The van der Waals surface area contributed by atoms with E-state index in [4.69, 9.17) is 0 Å². The minimum absolute atomic E-state index is 0.167. The van der Waals surface area contributed by atoms with E-state index >= 15 is 0 Å². The molecule has 1 aliphatic heterocycles. The standard InChI is InChI=1S/C13H13F3N2O2/c1-6(2)12-13(20)17-5-10(19)18(12)7-3-8(14)11(16)9(15)4-7/h3-4,6,12H,5H2,1-2H3,(H,17,20). The quantitative estimate of drug-likeness (QED) is 0.839. The third kappa shape index (κ3) is 2.35. The molecule has 1 N–H and O–H groups in total. The van der Waals surface area contributed by atoms with Gasteiger partial charge < -0.3 is 5.32 Å². The molecule has 0 spiro atoms. The summed E-state index contributed by atoms with van der Waals surface area (Å²) in [5.41, 5.74) is -0.167. The minimum atomic E-state index is -1.61. The van der Waals surface area contributed by atoms with Gasteiger partial charge in [0.25, 0.3) is 0 Å². The molecule has 7 heteroatoms. The average Bonchev–Trinajstić information content (AvgIpc) is 2.37. The third-order valence-corrected chi connectivity index (χ3v) is 3.11. The Labute approximate surface area is 113 Å². The highest BCUT2D eigenvalue weighted by atomic mass is 19.2. The van der Waals surface area contributed by atoms with Crippen molar-refractivity contribution in [2.45, 2.75) is 19.9 Å². The van der Waals surface area contributed by atoms with Gasteiger partial charge in [0.1, 0.15) is 6.04 Å². The van der Waals surface area contributed by atoms with Crippen LogP contribution >= 0.6 is 0 Å². The SMILES string of the molecule is CC(C)C1C(=O)NCC(=O)N1c1cc(F)c(F)c(F)c1. The van der Waals surface area contributed by atoms with Gasteiger partial charge in [0, 0.05) is 12.1 Å². The summed E-state index contributed by atoms with van der Waals surface area (Å²) >= 11 is 0. The van der Waals surface area contributed by atoms with Crippen molar-refractivity contribution >= 4 is 17.5 Å². The van der Waals surface area contributed by atoms with Crippen LogP contribution in [0, 0.1) is 23.4 Å². The van der Waals surface area contributed by atoms with Gasteiger partial charge in [0.05, 0.1) is 12.2 Å². The second-order valence-electron chi connectivity index (χ2n) is 4.89. The molecule has 20 heavy (non-hydrogen) atoms. The zero-order valence-electron chi connectivity index (χ0n) is 10.9. The van der Waals surface area contributed by atoms with Crippen LogP contribution in [0.4, 0.5) is 18.9 Å². The lowest BCUT2D eigenvalue weighted by Gasteiger charge is -2.37. The van der Waals surface area contributed by atoms with E-state index in [2.05, 4.69) is 5.32 Å². The van der Waals surface area contributed by atoms with Crippen LogP contribution in [0.1, 0.15) is 13.8 Å². The second kappa shape index (κ2) is 5.15. The zero-order chi connectivity index (χ0) is 15.0. The Morgan fingerprint density at radius 2 is 1.75 bits per heavy atom. The number of carbonyl (C=O) groups excluding carboxylic acids is 2. The molecule has 0 aliphatic carbocycles. The first kappa shape index (κ1) is 14.4. The topological polar surface area (TPSA) is 49.4 Å². The summed E-state index contributed by atoms with van der Waals surface area (Å²) in [6, 6.07) is 0.537. The van der Waals surface area contributed by atoms with Gasteiger partial charge in [-0.3, -0.25) is 14.5 Å². The molecule has 2 amide bonds. The number of anilines is 1. The highest BCUT2D eigenvalue weighted by Crippen LogP contribution is 2.26. The van der Waals surface area contributed by atoms with Crippen LogP contribution < -0.4 is 10.2 Å². The third-order valence-electron chi connectivity index (χ3n) is 3.11. The molecular weight excluding hydrogens is 273 g/mol. The maximum Gasteiger partial charge on any atom is 0.247 e. The monoisotopic (exact) mass is 286 g/mol. The van der Waals surface area contributed by atoms with Gasteiger partial charge in [-0.05, 0) is 5.92 Å². The van der Waals surface area contributed by atoms with Gasteiger partial charge in [-0.25, -0.2) is 13.2 Å². The number of benzene rings is 1. The van der Waals surface area contributed by atoms with Gasteiger partial charge in [0.2, 0.25) is 11.8 Å². The summed E-state index contributed by atoms with van der Waals surface area (Å²) in [5.74, 6) is -5.60. The lowest BCUT2D eigenvalue weighted by atomic mass is 9.98. The van der Waals surface area contributed by atoms with Crippen molar-refractivity contribution in [3.05, 3.63) is 29.6 Å². The number of hydrogen-bond donors (Lipinski definition) is 1. The Bertz CT molecular complexity index is 552. The molecule has 0 radical (unpaired) electrons. The Balaban J connectivity index is 2.51. The minimum Gasteiger partial charge on any atom is -0.345 e. The summed E-state index contributed by atoms with van der Waals surface area (Å²) in [6.07, 6.45) is 0. The predicted molar refractivity (Wildman–Crippen MR) is 65.4 cm³/mol. The lowest BCUT2D eigenvalue weighted by molar-refractivity contribution is -0.131.